The lowest BCUT2D eigenvalue weighted by Crippen LogP contribution is -2.45. The van der Waals surface area contributed by atoms with Gasteiger partial charge >= 0.3 is 0 Å². The summed E-state index contributed by atoms with van der Waals surface area (Å²) in [6.45, 7) is 1.76. The van der Waals surface area contributed by atoms with E-state index in [1.54, 1.807) is 30.3 Å². The molecule has 126 valence electrons. The molecule has 0 bridgehead atoms. The zero-order valence-electron chi connectivity index (χ0n) is 12.8. The van der Waals surface area contributed by atoms with Gasteiger partial charge in [0.05, 0.1) is 5.02 Å². The molecule has 2 heterocycles. The standard InChI is InChI=1S/C16H16Cl2N4O2/c17-11-4-1-5-13(15(11)18)24-14-7-6-12(21-22-14)16(23)20-10-3-2-8-19-9-10/h1,4-7,10,19H,2-3,8-9H2,(H,20,23)/t10-/m0/s1. The minimum Gasteiger partial charge on any atom is -0.436 e. The molecule has 2 aromatic rings. The van der Waals surface area contributed by atoms with Crippen molar-refractivity contribution in [3.63, 3.8) is 0 Å². The van der Waals surface area contributed by atoms with Crippen molar-refractivity contribution in [2.75, 3.05) is 13.1 Å². The van der Waals surface area contributed by atoms with Crippen LogP contribution in [-0.2, 0) is 0 Å². The number of hydrogen-bond donors (Lipinski definition) is 2. The minimum atomic E-state index is -0.247. The third-order valence-corrected chi connectivity index (χ3v) is 4.44. The highest BCUT2D eigenvalue weighted by Gasteiger charge is 2.17. The van der Waals surface area contributed by atoms with E-state index in [1.165, 1.54) is 0 Å². The van der Waals surface area contributed by atoms with Crippen LogP contribution in [0.3, 0.4) is 0 Å². The molecule has 0 unspecified atom stereocenters. The van der Waals surface area contributed by atoms with E-state index in [0.29, 0.717) is 15.8 Å². The Morgan fingerprint density at radius 1 is 1.25 bits per heavy atom. The summed E-state index contributed by atoms with van der Waals surface area (Å²) in [5.41, 5.74) is 0.241. The van der Waals surface area contributed by atoms with Crippen LogP contribution < -0.4 is 15.4 Å². The summed E-state index contributed by atoms with van der Waals surface area (Å²) in [7, 11) is 0. The Bertz CT molecular complexity index is 719. The monoisotopic (exact) mass is 366 g/mol. The zero-order valence-corrected chi connectivity index (χ0v) is 14.3. The third kappa shape index (κ3) is 4.14. The Balaban J connectivity index is 1.64. The van der Waals surface area contributed by atoms with Gasteiger partial charge in [-0.3, -0.25) is 4.79 Å². The van der Waals surface area contributed by atoms with Crippen LogP contribution in [-0.4, -0.2) is 35.2 Å². The predicted molar refractivity (Wildman–Crippen MR) is 91.9 cm³/mol. The van der Waals surface area contributed by atoms with Gasteiger partial charge in [0.2, 0.25) is 5.88 Å². The zero-order chi connectivity index (χ0) is 16.9. The van der Waals surface area contributed by atoms with Gasteiger partial charge < -0.3 is 15.4 Å². The molecule has 1 atom stereocenters. The Morgan fingerprint density at radius 3 is 2.83 bits per heavy atom. The first-order chi connectivity index (χ1) is 11.6. The first-order valence-electron chi connectivity index (χ1n) is 7.60. The highest BCUT2D eigenvalue weighted by atomic mass is 35.5. The van der Waals surface area contributed by atoms with Crippen molar-refractivity contribution in [3.8, 4) is 11.6 Å². The SMILES string of the molecule is O=C(N[C@H]1CCCNC1)c1ccc(Oc2cccc(Cl)c2Cl)nn1. The van der Waals surface area contributed by atoms with Crippen LogP contribution in [0.15, 0.2) is 30.3 Å². The second-order valence-corrected chi connectivity index (χ2v) is 6.21. The van der Waals surface area contributed by atoms with Gasteiger partial charge in [0, 0.05) is 18.7 Å². The number of carbonyl (C=O) groups excluding carboxylic acids is 1. The molecule has 1 aromatic heterocycles. The van der Waals surface area contributed by atoms with E-state index in [-0.39, 0.29) is 23.5 Å². The molecule has 1 saturated heterocycles. The molecule has 8 heteroatoms. The number of nitrogens with one attached hydrogen (secondary N) is 2. The number of nitrogens with zero attached hydrogens (tertiary/aromatic N) is 2. The number of hydrogen-bond acceptors (Lipinski definition) is 5. The van der Waals surface area contributed by atoms with Crippen molar-refractivity contribution in [2.24, 2.45) is 0 Å². The Labute approximate surface area is 149 Å². The van der Waals surface area contributed by atoms with Crippen molar-refractivity contribution in [1.82, 2.24) is 20.8 Å². The smallest absolute Gasteiger partial charge is 0.272 e. The topological polar surface area (TPSA) is 76.1 Å². The highest BCUT2D eigenvalue weighted by molar-refractivity contribution is 6.42. The van der Waals surface area contributed by atoms with Crippen LogP contribution >= 0.6 is 23.2 Å². The van der Waals surface area contributed by atoms with Gasteiger partial charge in [-0.15, -0.1) is 10.2 Å². The normalized spacial score (nSPS) is 17.3. The Morgan fingerprint density at radius 2 is 2.12 bits per heavy atom. The van der Waals surface area contributed by atoms with Crippen LogP contribution in [0.2, 0.25) is 10.0 Å². The van der Waals surface area contributed by atoms with E-state index < -0.39 is 0 Å². The number of halogens is 2. The molecule has 1 aliphatic heterocycles. The molecule has 0 saturated carbocycles. The van der Waals surface area contributed by atoms with Crippen LogP contribution in [0.5, 0.6) is 11.6 Å². The molecule has 0 spiro atoms. The number of rotatable bonds is 4. The third-order valence-electron chi connectivity index (χ3n) is 3.64. The maximum absolute atomic E-state index is 12.2. The van der Waals surface area contributed by atoms with E-state index in [9.17, 15) is 4.79 Å². The molecule has 1 amide bonds. The number of ether oxygens (including phenoxy) is 1. The average Bonchev–Trinajstić information content (AvgIpc) is 2.60. The second-order valence-electron chi connectivity index (χ2n) is 5.43. The van der Waals surface area contributed by atoms with Gasteiger partial charge in [-0.2, -0.15) is 0 Å². The van der Waals surface area contributed by atoms with Crippen LogP contribution in [0.25, 0.3) is 0 Å². The van der Waals surface area contributed by atoms with Gasteiger partial charge in [-0.05, 0) is 37.6 Å². The maximum atomic E-state index is 12.2. The lowest BCUT2D eigenvalue weighted by Gasteiger charge is -2.23. The van der Waals surface area contributed by atoms with Crippen molar-refractivity contribution in [1.29, 1.82) is 0 Å². The fourth-order valence-electron chi connectivity index (χ4n) is 2.41. The lowest BCUT2D eigenvalue weighted by atomic mass is 10.1. The van der Waals surface area contributed by atoms with Gasteiger partial charge in [-0.25, -0.2) is 0 Å². The largest absolute Gasteiger partial charge is 0.436 e. The summed E-state index contributed by atoms with van der Waals surface area (Å²) in [5, 5.41) is 14.7. The fourth-order valence-corrected chi connectivity index (χ4v) is 2.74. The number of carbonyl (C=O) groups is 1. The molecule has 6 nitrogen and oxygen atoms in total. The van der Waals surface area contributed by atoms with Gasteiger partial charge in [-0.1, -0.05) is 29.3 Å². The Hall–Kier alpha value is -1.89. The molecule has 24 heavy (non-hydrogen) atoms. The molecule has 2 N–H and O–H groups in total. The molecule has 3 rings (SSSR count). The first-order valence-corrected chi connectivity index (χ1v) is 8.36. The van der Waals surface area contributed by atoms with E-state index in [4.69, 9.17) is 27.9 Å². The molecule has 0 aliphatic carbocycles. The van der Waals surface area contributed by atoms with Gasteiger partial charge in [0.1, 0.15) is 10.8 Å². The molecule has 0 radical (unpaired) electrons. The van der Waals surface area contributed by atoms with Crippen molar-refractivity contribution < 1.29 is 9.53 Å². The minimum absolute atomic E-state index is 0.120. The molecular weight excluding hydrogens is 351 g/mol. The van der Waals surface area contributed by atoms with Crippen LogP contribution in [0.1, 0.15) is 23.3 Å². The van der Waals surface area contributed by atoms with Gasteiger partial charge in [0.15, 0.2) is 5.69 Å². The van der Waals surface area contributed by atoms with Crippen molar-refractivity contribution >= 4 is 29.1 Å². The van der Waals surface area contributed by atoms with Crippen LogP contribution in [0.4, 0.5) is 0 Å². The number of aromatic nitrogens is 2. The van der Waals surface area contributed by atoms with Crippen molar-refractivity contribution in [3.05, 3.63) is 46.1 Å². The number of amides is 1. The molecule has 1 aliphatic rings. The fraction of sp³-hybridized carbons (Fsp3) is 0.312. The quantitative estimate of drug-likeness (QED) is 0.869. The summed E-state index contributed by atoms with van der Waals surface area (Å²) in [4.78, 5) is 12.2. The summed E-state index contributed by atoms with van der Waals surface area (Å²) >= 11 is 12.0. The Kier molecular flexibility index (Phi) is 5.50. The number of piperidine rings is 1. The summed E-state index contributed by atoms with van der Waals surface area (Å²) in [6, 6.07) is 8.30. The van der Waals surface area contributed by atoms with E-state index in [0.717, 1.165) is 25.9 Å². The number of benzene rings is 1. The molecule has 1 aromatic carbocycles. The summed E-state index contributed by atoms with van der Waals surface area (Å²) in [6.07, 6.45) is 2.00. The molecular formula is C16H16Cl2N4O2. The van der Waals surface area contributed by atoms with E-state index >= 15 is 0 Å². The van der Waals surface area contributed by atoms with E-state index in [2.05, 4.69) is 20.8 Å². The first kappa shape index (κ1) is 17.0. The van der Waals surface area contributed by atoms with Crippen LogP contribution in [0, 0.1) is 0 Å². The predicted octanol–water partition coefficient (Wildman–Crippen LogP) is 3.06. The van der Waals surface area contributed by atoms with E-state index in [1.807, 2.05) is 0 Å². The highest BCUT2D eigenvalue weighted by Crippen LogP contribution is 2.33. The average molecular weight is 367 g/mol. The van der Waals surface area contributed by atoms with Crippen molar-refractivity contribution in [2.45, 2.75) is 18.9 Å². The van der Waals surface area contributed by atoms with Gasteiger partial charge in [0.25, 0.3) is 5.91 Å². The maximum Gasteiger partial charge on any atom is 0.272 e. The summed E-state index contributed by atoms with van der Waals surface area (Å²) < 4.78 is 5.54. The summed E-state index contributed by atoms with van der Waals surface area (Å²) in [5.74, 6) is 0.363. The lowest BCUT2D eigenvalue weighted by molar-refractivity contribution is 0.0924. The molecule has 1 fully saturated rings. The second kappa shape index (κ2) is 7.79.